The zero-order valence-corrected chi connectivity index (χ0v) is 19.8. The van der Waals surface area contributed by atoms with Gasteiger partial charge in [-0.1, -0.05) is 32.4 Å². The number of aliphatic hydroxyl groups excluding tert-OH is 1. The van der Waals surface area contributed by atoms with Crippen LogP contribution in [0.25, 0.3) is 11.2 Å². The molecule has 31 heavy (non-hydrogen) atoms. The maximum absolute atomic E-state index is 13.4. The minimum atomic E-state index is -2.18. The highest BCUT2D eigenvalue weighted by Gasteiger charge is 2.40. The van der Waals surface area contributed by atoms with E-state index >= 15 is 0 Å². The van der Waals surface area contributed by atoms with Crippen molar-refractivity contribution in [1.82, 2.24) is 15.0 Å². The molecular weight excluding hydrogens is 439 g/mol. The number of nitrogens with zero attached hydrogens (tertiary/aromatic N) is 2. The number of nitrogens with one attached hydrogen (secondary N) is 2. The number of imidazole rings is 1. The van der Waals surface area contributed by atoms with Crippen LogP contribution in [0.3, 0.4) is 0 Å². The van der Waals surface area contributed by atoms with E-state index < -0.39 is 26.1 Å². The van der Waals surface area contributed by atoms with E-state index in [1.165, 1.54) is 24.4 Å². The molecule has 3 aromatic rings. The molecule has 3 N–H and O–H groups in total. The number of pyridine rings is 1. The lowest BCUT2D eigenvalue weighted by Crippen LogP contribution is -2.42. The summed E-state index contributed by atoms with van der Waals surface area (Å²) in [7, 11) is -2.18. The highest BCUT2D eigenvalue weighted by atomic mass is 35.5. The smallest absolute Gasteiger partial charge is 0.257 e. The number of fused-ring (bicyclic) bond motifs is 1. The standard InChI is InChI=1S/C21H26ClFN4O3Si/c1-21(2,3)31(4,5)30-16(11-28)18-26-17-13(8-9-24-19(17)27-18)20(29)25-12-6-7-15(23)14(22)10-12/h6-10,16,28H,11H2,1-5H3,(H,25,29)(H,24,26,27). The summed E-state index contributed by atoms with van der Waals surface area (Å²) in [5, 5.41) is 12.5. The Morgan fingerprint density at radius 1 is 1.35 bits per heavy atom. The lowest BCUT2D eigenvalue weighted by Gasteiger charge is -2.38. The van der Waals surface area contributed by atoms with E-state index in [2.05, 4.69) is 54.1 Å². The van der Waals surface area contributed by atoms with Gasteiger partial charge in [-0.3, -0.25) is 4.79 Å². The van der Waals surface area contributed by atoms with Crippen LogP contribution in [0.5, 0.6) is 0 Å². The summed E-state index contributed by atoms with van der Waals surface area (Å²) in [6.45, 7) is 10.2. The quantitative estimate of drug-likeness (QED) is 0.443. The van der Waals surface area contributed by atoms with Crippen molar-refractivity contribution in [2.45, 2.75) is 45.0 Å². The highest BCUT2D eigenvalue weighted by molar-refractivity contribution is 6.74. The zero-order chi connectivity index (χ0) is 23.0. The van der Waals surface area contributed by atoms with Crippen molar-refractivity contribution in [3.63, 3.8) is 0 Å². The first-order valence-electron chi connectivity index (χ1n) is 9.82. The molecule has 7 nitrogen and oxygen atoms in total. The van der Waals surface area contributed by atoms with Crippen molar-refractivity contribution in [3.8, 4) is 0 Å². The van der Waals surface area contributed by atoms with Gasteiger partial charge in [0, 0.05) is 11.9 Å². The van der Waals surface area contributed by atoms with Gasteiger partial charge in [0.2, 0.25) is 0 Å². The molecule has 2 heterocycles. The van der Waals surface area contributed by atoms with E-state index in [0.29, 0.717) is 28.2 Å². The first-order valence-corrected chi connectivity index (χ1v) is 13.1. The molecule has 1 aromatic carbocycles. The Hall–Kier alpha value is -2.33. The number of halogens is 2. The molecular formula is C21H26ClFN4O3Si. The second-order valence-electron chi connectivity index (χ2n) is 8.81. The summed E-state index contributed by atoms with van der Waals surface area (Å²) in [4.78, 5) is 24.6. The summed E-state index contributed by atoms with van der Waals surface area (Å²) in [5.41, 5.74) is 1.40. The van der Waals surface area contributed by atoms with E-state index in [1.54, 1.807) is 6.07 Å². The summed E-state index contributed by atoms with van der Waals surface area (Å²) < 4.78 is 19.7. The number of carbonyl (C=O) groups is 1. The number of carbonyl (C=O) groups excluding carboxylic acids is 1. The SMILES string of the molecule is CC(C)(C)[Si](C)(C)OC(CO)c1nc2nccc(C(=O)Nc3ccc(F)c(Cl)c3)c2[nH]1. The third-order valence-corrected chi connectivity index (χ3v) is 10.3. The Kier molecular flexibility index (Phi) is 6.52. The van der Waals surface area contributed by atoms with Crippen LogP contribution < -0.4 is 5.32 Å². The van der Waals surface area contributed by atoms with Gasteiger partial charge in [-0.05, 0) is 42.4 Å². The average Bonchev–Trinajstić information content (AvgIpc) is 3.12. The van der Waals surface area contributed by atoms with Crippen LogP contribution in [0.1, 0.15) is 43.1 Å². The van der Waals surface area contributed by atoms with Crippen LogP contribution in [0.15, 0.2) is 30.5 Å². The van der Waals surface area contributed by atoms with Gasteiger partial charge in [0.15, 0.2) is 14.0 Å². The van der Waals surface area contributed by atoms with Gasteiger partial charge in [0.1, 0.15) is 17.7 Å². The van der Waals surface area contributed by atoms with E-state index in [4.69, 9.17) is 16.0 Å². The molecule has 0 saturated heterocycles. The van der Waals surface area contributed by atoms with Gasteiger partial charge in [-0.15, -0.1) is 0 Å². The van der Waals surface area contributed by atoms with Crippen molar-refractivity contribution in [3.05, 3.63) is 52.7 Å². The number of anilines is 1. The van der Waals surface area contributed by atoms with Gasteiger partial charge >= 0.3 is 0 Å². The fourth-order valence-electron chi connectivity index (χ4n) is 2.75. The molecule has 1 amide bonds. The van der Waals surface area contributed by atoms with Crippen molar-refractivity contribution in [2.24, 2.45) is 0 Å². The average molecular weight is 465 g/mol. The number of rotatable bonds is 6. The predicted molar refractivity (Wildman–Crippen MR) is 121 cm³/mol. The van der Waals surface area contributed by atoms with Gasteiger partial charge < -0.3 is 19.8 Å². The minimum Gasteiger partial charge on any atom is -0.404 e. The number of benzene rings is 1. The molecule has 166 valence electrons. The number of H-pyrrole nitrogens is 1. The Balaban J connectivity index is 1.91. The topological polar surface area (TPSA) is 100 Å². The second kappa shape index (κ2) is 8.66. The largest absolute Gasteiger partial charge is 0.404 e. The number of amides is 1. The highest BCUT2D eigenvalue weighted by Crippen LogP contribution is 2.39. The fourth-order valence-corrected chi connectivity index (χ4v) is 4.19. The van der Waals surface area contributed by atoms with E-state index in [9.17, 15) is 14.3 Å². The van der Waals surface area contributed by atoms with Crippen molar-refractivity contribution < 1.29 is 18.7 Å². The molecule has 0 aliphatic carbocycles. The molecule has 2 aromatic heterocycles. The summed E-state index contributed by atoms with van der Waals surface area (Å²) >= 11 is 5.79. The summed E-state index contributed by atoms with van der Waals surface area (Å²) in [6, 6.07) is 5.48. The molecule has 0 aliphatic rings. The van der Waals surface area contributed by atoms with Gasteiger partial charge in [-0.25, -0.2) is 14.4 Å². The van der Waals surface area contributed by atoms with E-state index in [1.807, 2.05) is 0 Å². The maximum Gasteiger partial charge on any atom is 0.257 e. The molecule has 3 rings (SSSR count). The number of hydrogen-bond acceptors (Lipinski definition) is 5. The zero-order valence-electron chi connectivity index (χ0n) is 18.1. The van der Waals surface area contributed by atoms with Crippen molar-refractivity contribution in [1.29, 1.82) is 0 Å². The molecule has 0 bridgehead atoms. The van der Waals surface area contributed by atoms with E-state index in [-0.39, 0.29) is 16.7 Å². The van der Waals surface area contributed by atoms with Gasteiger partial charge in [-0.2, -0.15) is 0 Å². The molecule has 0 aliphatic heterocycles. The summed E-state index contributed by atoms with van der Waals surface area (Å²) in [5.74, 6) is -0.600. The first kappa shape index (κ1) is 23.3. The predicted octanol–water partition coefficient (Wildman–Crippen LogP) is 5.06. The second-order valence-corrected chi connectivity index (χ2v) is 14.0. The number of aromatic amines is 1. The van der Waals surface area contributed by atoms with Crippen LogP contribution in [-0.4, -0.2) is 40.9 Å². The Morgan fingerprint density at radius 2 is 2.06 bits per heavy atom. The fraction of sp³-hybridized carbons (Fsp3) is 0.381. The Morgan fingerprint density at radius 3 is 2.68 bits per heavy atom. The monoisotopic (exact) mass is 464 g/mol. The van der Waals surface area contributed by atoms with Crippen molar-refractivity contribution >= 4 is 42.7 Å². The number of aromatic nitrogens is 3. The Labute approximate surface area is 186 Å². The first-order chi connectivity index (χ1) is 14.4. The van der Waals surface area contributed by atoms with E-state index in [0.717, 1.165) is 0 Å². The molecule has 0 spiro atoms. The van der Waals surface area contributed by atoms with Crippen LogP contribution in [0, 0.1) is 5.82 Å². The van der Waals surface area contributed by atoms with Crippen LogP contribution in [0.4, 0.5) is 10.1 Å². The molecule has 10 heteroatoms. The van der Waals surface area contributed by atoms with Gasteiger partial charge in [0.25, 0.3) is 5.91 Å². The van der Waals surface area contributed by atoms with Crippen LogP contribution in [-0.2, 0) is 4.43 Å². The van der Waals surface area contributed by atoms with Crippen LogP contribution >= 0.6 is 11.6 Å². The summed E-state index contributed by atoms with van der Waals surface area (Å²) in [6.07, 6.45) is 0.809. The lowest BCUT2D eigenvalue weighted by atomic mass is 10.2. The molecule has 0 saturated carbocycles. The normalized spacial score (nSPS) is 13.4. The van der Waals surface area contributed by atoms with Crippen molar-refractivity contribution in [2.75, 3.05) is 11.9 Å². The maximum atomic E-state index is 13.4. The third kappa shape index (κ3) is 4.95. The number of hydrogen-bond donors (Lipinski definition) is 3. The molecule has 1 unspecified atom stereocenters. The van der Waals surface area contributed by atoms with Gasteiger partial charge in [0.05, 0.1) is 22.7 Å². The lowest BCUT2D eigenvalue weighted by molar-refractivity contribution is 0.0974. The minimum absolute atomic E-state index is 0.0494. The van der Waals surface area contributed by atoms with Crippen LogP contribution in [0.2, 0.25) is 23.2 Å². The Bertz CT molecular complexity index is 1110. The molecule has 0 fully saturated rings. The number of aliphatic hydroxyl groups is 1. The molecule has 1 atom stereocenters. The third-order valence-electron chi connectivity index (χ3n) is 5.55. The molecule has 0 radical (unpaired) electrons.